The lowest BCUT2D eigenvalue weighted by Crippen LogP contribution is -2.59. The molecule has 2 saturated heterocycles. The molecule has 2 fully saturated rings. The number of likely N-dealkylation sites (N-methyl/N-ethyl adjacent to an activating group) is 1. The summed E-state index contributed by atoms with van der Waals surface area (Å²) < 4.78 is 0. The molecule has 4 nitrogen and oxygen atoms in total. The lowest BCUT2D eigenvalue weighted by Gasteiger charge is -2.48. The number of carbonyl (C=O) groups excluding carboxylic acids is 1. The molecule has 0 radical (unpaired) electrons. The second-order valence-corrected chi connectivity index (χ2v) is 5.75. The van der Waals surface area contributed by atoms with E-state index in [2.05, 4.69) is 21.8 Å². The van der Waals surface area contributed by atoms with Gasteiger partial charge in [-0.05, 0) is 32.0 Å². The molecule has 0 aliphatic carbocycles. The summed E-state index contributed by atoms with van der Waals surface area (Å²) in [6, 6.07) is 7.02. The van der Waals surface area contributed by atoms with Crippen molar-refractivity contribution < 1.29 is 4.79 Å². The topological polar surface area (TPSA) is 36.4 Å². The molecule has 20 heavy (non-hydrogen) atoms. The van der Waals surface area contributed by atoms with Gasteiger partial charge in [-0.3, -0.25) is 9.69 Å². The van der Waals surface area contributed by atoms with Crippen LogP contribution in [-0.2, 0) is 0 Å². The molecule has 2 aliphatic rings. The van der Waals surface area contributed by atoms with Crippen molar-refractivity contribution in [3.8, 4) is 0 Å². The Kier molecular flexibility index (Phi) is 4.66. The first-order chi connectivity index (χ1) is 9.15. The number of aromatic nitrogens is 1. The van der Waals surface area contributed by atoms with Gasteiger partial charge in [-0.15, -0.1) is 12.4 Å². The third-order valence-corrected chi connectivity index (χ3v) is 4.51. The zero-order valence-electron chi connectivity index (χ0n) is 12.1. The van der Waals surface area contributed by atoms with Crippen LogP contribution < -0.4 is 4.90 Å². The number of hydrogen-bond acceptors (Lipinski definition) is 4. The van der Waals surface area contributed by atoms with Crippen molar-refractivity contribution in [1.29, 1.82) is 0 Å². The standard InChI is InChI=1S/C15H21N3O.ClH/c1-11(19)14-7-4-8-15(16-14)18-9-12-5-3-6-13(10-18)17(12)2;/h4,7-8,12-13H,3,5-6,9-10H2,1-2H3;1H. The molecule has 0 saturated carbocycles. The van der Waals surface area contributed by atoms with Gasteiger partial charge in [-0.1, -0.05) is 12.5 Å². The number of piperazine rings is 1. The van der Waals surface area contributed by atoms with E-state index >= 15 is 0 Å². The molecule has 110 valence electrons. The minimum atomic E-state index is 0. The Morgan fingerprint density at radius 2 is 1.90 bits per heavy atom. The number of hydrogen-bond donors (Lipinski definition) is 0. The fourth-order valence-electron chi connectivity index (χ4n) is 3.30. The number of piperidine rings is 1. The predicted molar refractivity (Wildman–Crippen MR) is 82.9 cm³/mol. The summed E-state index contributed by atoms with van der Waals surface area (Å²) in [6.45, 7) is 3.63. The maximum absolute atomic E-state index is 11.4. The maximum Gasteiger partial charge on any atom is 0.178 e. The van der Waals surface area contributed by atoms with Gasteiger partial charge in [0.25, 0.3) is 0 Å². The Balaban J connectivity index is 0.00000147. The van der Waals surface area contributed by atoms with E-state index in [0.29, 0.717) is 17.8 Å². The zero-order chi connectivity index (χ0) is 13.4. The molecule has 2 bridgehead atoms. The highest BCUT2D eigenvalue weighted by Crippen LogP contribution is 2.29. The monoisotopic (exact) mass is 295 g/mol. The molecule has 2 aliphatic heterocycles. The van der Waals surface area contributed by atoms with Crippen LogP contribution in [0.4, 0.5) is 5.82 Å². The molecule has 2 unspecified atom stereocenters. The van der Waals surface area contributed by atoms with Gasteiger partial charge in [0.05, 0.1) is 0 Å². The lowest BCUT2D eigenvalue weighted by atomic mass is 9.92. The van der Waals surface area contributed by atoms with Crippen molar-refractivity contribution in [2.75, 3.05) is 25.0 Å². The fraction of sp³-hybridized carbons (Fsp3) is 0.600. The first-order valence-electron chi connectivity index (χ1n) is 7.10. The summed E-state index contributed by atoms with van der Waals surface area (Å²) in [7, 11) is 2.24. The minimum absolute atomic E-state index is 0. The average molecular weight is 296 g/mol. The second-order valence-electron chi connectivity index (χ2n) is 5.75. The number of fused-ring (bicyclic) bond motifs is 2. The Morgan fingerprint density at radius 1 is 1.25 bits per heavy atom. The molecule has 1 aromatic heterocycles. The number of anilines is 1. The number of halogens is 1. The van der Waals surface area contributed by atoms with E-state index in [1.165, 1.54) is 19.3 Å². The van der Waals surface area contributed by atoms with Crippen molar-refractivity contribution in [1.82, 2.24) is 9.88 Å². The number of ketones is 1. The van der Waals surface area contributed by atoms with E-state index in [1.807, 2.05) is 12.1 Å². The van der Waals surface area contributed by atoms with Crippen molar-refractivity contribution in [3.63, 3.8) is 0 Å². The fourth-order valence-corrected chi connectivity index (χ4v) is 3.30. The van der Waals surface area contributed by atoms with Crippen molar-refractivity contribution >= 4 is 24.0 Å². The van der Waals surface area contributed by atoms with Gasteiger partial charge in [0.2, 0.25) is 0 Å². The maximum atomic E-state index is 11.4. The van der Waals surface area contributed by atoms with Crippen molar-refractivity contribution in [2.24, 2.45) is 0 Å². The summed E-state index contributed by atoms with van der Waals surface area (Å²) in [5, 5.41) is 0. The van der Waals surface area contributed by atoms with Gasteiger partial charge in [0.1, 0.15) is 11.5 Å². The van der Waals surface area contributed by atoms with Gasteiger partial charge in [0.15, 0.2) is 5.78 Å². The number of rotatable bonds is 2. The van der Waals surface area contributed by atoms with E-state index in [-0.39, 0.29) is 18.2 Å². The quantitative estimate of drug-likeness (QED) is 0.785. The van der Waals surface area contributed by atoms with Gasteiger partial charge >= 0.3 is 0 Å². The molecule has 0 aromatic carbocycles. The SMILES string of the molecule is CC(=O)c1cccc(N2CC3CCCC(C2)N3C)n1.Cl. The molecule has 0 amide bonds. The Labute approximate surface area is 126 Å². The largest absolute Gasteiger partial charge is 0.353 e. The van der Waals surface area contributed by atoms with Crippen molar-refractivity contribution in [2.45, 2.75) is 38.3 Å². The first-order valence-corrected chi connectivity index (χ1v) is 7.10. The van der Waals surface area contributed by atoms with E-state index < -0.39 is 0 Å². The smallest absolute Gasteiger partial charge is 0.178 e. The highest BCUT2D eigenvalue weighted by molar-refractivity contribution is 5.92. The van der Waals surface area contributed by atoms with Crippen LogP contribution in [0.25, 0.3) is 0 Å². The summed E-state index contributed by atoms with van der Waals surface area (Å²) in [6.07, 6.45) is 3.89. The molecule has 0 spiro atoms. The van der Waals surface area contributed by atoms with E-state index in [1.54, 1.807) is 13.0 Å². The third kappa shape index (κ3) is 2.81. The van der Waals surface area contributed by atoms with E-state index in [4.69, 9.17) is 0 Å². The summed E-state index contributed by atoms with van der Waals surface area (Å²) in [4.78, 5) is 20.8. The van der Waals surface area contributed by atoms with Crippen LogP contribution in [0.5, 0.6) is 0 Å². The van der Waals surface area contributed by atoms with Crippen LogP contribution in [0.2, 0.25) is 0 Å². The second kappa shape index (κ2) is 6.10. The summed E-state index contributed by atoms with van der Waals surface area (Å²) in [5.41, 5.74) is 0.571. The molecule has 1 aromatic rings. The Bertz CT molecular complexity index is 480. The zero-order valence-corrected chi connectivity index (χ0v) is 12.9. The third-order valence-electron chi connectivity index (χ3n) is 4.51. The number of Topliss-reactive ketones (excluding diaryl/α,β-unsaturated/α-hetero) is 1. The lowest BCUT2D eigenvalue weighted by molar-refractivity contribution is 0.0946. The van der Waals surface area contributed by atoms with Crippen LogP contribution >= 0.6 is 12.4 Å². The summed E-state index contributed by atoms with van der Waals surface area (Å²) >= 11 is 0. The Morgan fingerprint density at radius 3 is 2.50 bits per heavy atom. The predicted octanol–water partition coefficient (Wildman–Crippen LogP) is 2.38. The molecular formula is C15H22ClN3O. The van der Waals surface area contributed by atoms with Gasteiger partial charge in [0, 0.05) is 32.1 Å². The van der Waals surface area contributed by atoms with Gasteiger partial charge in [-0.25, -0.2) is 4.98 Å². The van der Waals surface area contributed by atoms with E-state index in [9.17, 15) is 4.79 Å². The Hall–Kier alpha value is -1.13. The van der Waals surface area contributed by atoms with Crippen LogP contribution in [0.15, 0.2) is 18.2 Å². The normalized spacial score (nSPS) is 26.0. The molecular weight excluding hydrogens is 274 g/mol. The first kappa shape index (κ1) is 15.3. The molecule has 0 N–H and O–H groups in total. The number of carbonyl (C=O) groups is 1. The van der Waals surface area contributed by atoms with Crippen LogP contribution in [0.1, 0.15) is 36.7 Å². The minimum Gasteiger partial charge on any atom is -0.353 e. The van der Waals surface area contributed by atoms with Crippen LogP contribution in [-0.4, -0.2) is 47.9 Å². The molecule has 5 heteroatoms. The number of nitrogens with zero attached hydrogens (tertiary/aromatic N) is 3. The highest BCUT2D eigenvalue weighted by Gasteiger charge is 2.35. The molecule has 2 atom stereocenters. The number of pyridine rings is 1. The molecule has 3 heterocycles. The average Bonchev–Trinajstić information content (AvgIpc) is 2.38. The van der Waals surface area contributed by atoms with Gasteiger partial charge < -0.3 is 4.90 Å². The van der Waals surface area contributed by atoms with Crippen LogP contribution in [0.3, 0.4) is 0 Å². The van der Waals surface area contributed by atoms with Gasteiger partial charge in [-0.2, -0.15) is 0 Å². The van der Waals surface area contributed by atoms with Crippen LogP contribution in [0, 0.1) is 0 Å². The van der Waals surface area contributed by atoms with Crippen molar-refractivity contribution in [3.05, 3.63) is 23.9 Å². The van der Waals surface area contributed by atoms with E-state index in [0.717, 1.165) is 18.9 Å². The summed E-state index contributed by atoms with van der Waals surface area (Å²) in [5.74, 6) is 0.994. The molecule has 3 rings (SSSR count). The highest BCUT2D eigenvalue weighted by atomic mass is 35.5.